The van der Waals surface area contributed by atoms with E-state index in [-0.39, 0.29) is 0 Å². The standard InChI is InChI=1S/C12H16N2O/c1-12(8-13,15-2)10-4-3-9-5-6-14-11(9)7-10/h3-7,14H,8,13H2,1-2H3. The second kappa shape index (κ2) is 3.68. The third-order valence-electron chi connectivity index (χ3n) is 3.01. The molecule has 3 nitrogen and oxygen atoms in total. The summed E-state index contributed by atoms with van der Waals surface area (Å²) >= 11 is 0. The van der Waals surface area contributed by atoms with Gasteiger partial charge in [-0.3, -0.25) is 0 Å². The van der Waals surface area contributed by atoms with Crippen molar-refractivity contribution >= 4 is 10.9 Å². The predicted octanol–water partition coefficient (Wildman–Crippen LogP) is 1.99. The molecule has 0 bridgehead atoms. The quantitative estimate of drug-likeness (QED) is 0.803. The summed E-state index contributed by atoms with van der Waals surface area (Å²) in [5.41, 5.74) is 7.54. The van der Waals surface area contributed by atoms with E-state index in [1.807, 2.05) is 19.2 Å². The van der Waals surface area contributed by atoms with E-state index in [2.05, 4.69) is 23.2 Å². The number of ether oxygens (including phenoxy) is 1. The van der Waals surface area contributed by atoms with Gasteiger partial charge >= 0.3 is 0 Å². The summed E-state index contributed by atoms with van der Waals surface area (Å²) in [5.74, 6) is 0. The van der Waals surface area contributed by atoms with Crippen molar-refractivity contribution in [1.82, 2.24) is 4.98 Å². The van der Waals surface area contributed by atoms with Gasteiger partial charge in [0.25, 0.3) is 0 Å². The molecule has 0 fully saturated rings. The van der Waals surface area contributed by atoms with Crippen LogP contribution in [-0.4, -0.2) is 18.6 Å². The second-order valence-corrected chi connectivity index (χ2v) is 3.92. The maximum atomic E-state index is 5.73. The largest absolute Gasteiger partial charge is 0.372 e. The lowest BCUT2D eigenvalue weighted by Crippen LogP contribution is -2.33. The van der Waals surface area contributed by atoms with Crippen molar-refractivity contribution < 1.29 is 4.74 Å². The molecule has 0 aliphatic rings. The molecule has 0 saturated carbocycles. The van der Waals surface area contributed by atoms with Crippen LogP contribution >= 0.6 is 0 Å². The summed E-state index contributed by atoms with van der Waals surface area (Å²) in [6, 6.07) is 8.28. The van der Waals surface area contributed by atoms with E-state index in [4.69, 9.17) is 10.5 Å². The number of nitrogens with two attached hydrogens (primary N) is 1. The summed E-state index contributed by atoms with van der Waals surface area (Å²) < 4.78 is 5.46. The van der Waals surface area contributed by atoms with Gasteiger partial charge in [0.2, 0.25) is 0 Å². The molecule has 1 heterocycles. The molecule has 0 radical (unpaired) electrons. The zero-order chi connectivity index (χ0) is 10.9. The molecule has 1 aromatic heterocycles. The van der Waals surface area contributed by atoms with Gasteiger partial charge < -0.3 is 15.5 Å². The number of hydrogen-bond donors (Lipinski definition) is 2. The SMILES string of the molecule is COC(C)(CN)c1ccc2cc[nH]c2c1. The van der Waals surface area contributed by atoms with Gasteiger partial charge in [0.05, 0.1) is 0 Å². The Hall–Kier alpha value is -1.32. The predicted molar refractivity (Wildman–Crippen MR) is 61.7 cm³/mol. The molecular weight excluding hydrogens is 188 g/mol. The van der Waals surface area contributed by atoms with Crippen molar-refractivity contribution in [2.45, 2.75) is 12.5 Å². The molecule has 0 aliphatic heterocycles. The third-order valence-corrected chi connectivity index (χ3v) is 3.01. The lowest BCUT2D eigenvalue weighted by molar-refractivity contribution is 0.0102. The number of rotatable bonds is 3. The van der Waals surface area contributed by atoms with E-state index in [1.165, 1.54) is 5.39 Å². The van der Waals surface area contributed by atoms with E-state index in [0.29, 0.717) is 6.54 Å². The van der Waals surface area contributed by atoms with Crippen LogP contribution in [-0.2, 0) is 10.3 Å². The first-order valence-electron chi connectivity index (χ1n) is 5.02. The highest BCUT2D eigenvalue weighted by Crippen LogP contribution is 2.26. The van der Waals surface area contributed by atoms with Crippen LogP contribution in [0.15, 0.2) is 30.5 Å². The lowest BCUT2D eigenvalue weighted by atomic mass is 9.95. The number of aromatic amines is 1. The molecule has 2 aromatic rings. The van der Waals surface area contributed by atoms with Crippen LogP contribution in [0.3, 0.4) is 0 Å². The van der Waals surface area contributed by atoms with Gasteiger partial charge in [-0.05, 0) is 30.0 Å². The number of hydrogen-bond acceptors (Lipinski definition) is 2. The zero-order valence-electron chi connectivity index (χ0n) is 9.08. The van der Waals surface area contributed by atoms with Gasteiger partial charge in [0.15, 0.2) is 0 Å². The molecule has 15 heavy (non-hydrogen) atoms. The average Bonchev–Trinajstić information content (AvgIpc) is 2.74. The molecular formula is C12H16N2O. The summed E-state index contributed by atoms with van der Waals surface area (Å²) in [4.78, 5) is 3.18. The van der Waals surface area contributed by atoms with Crippen LogP contribution in [0.1, 0.15) is 12.5 Å². The normalized spacial score (nSPS) is 15.4. The molecule has 80 valence electrons. The van der Waals surface area contributed by atoms with E-state index >= 15 is 0 Å². The van der Waals surface area contributed by atoms with E-state index in [1.54, 1.807) is 7.11 Å². The maximum Gasteiger partial charge on any atom is 0.102 e. The van der Waals surface area contributed by atoms with Crippen molar-refractivity contribution in [2.75, 3.05) is 13.7 Å². The van der Waals surface area contributed by atoms with Crippen molar-refractivity contribution in [1.29, 1.82) is 0 Å². The number of aromatic nitrogens is 1. The van der Waals surface area contributed by atoms with Gasteiger partial charge in [0, 0.05) is 25.4 Å². The molecule has 1 unspecified atom stereocenters. The van der Waals surface area contributed by atoms with E-state index in [0.717, 1.165) is 11.1 Å². The van der Waals surface area contributed by atoms with Gasteiger partial charge in [-0.15, -0.1) is 0 Å². The van der Waals surface area contributed by atoms with Crippen molar-refractivity contribution in [2.24, 2.45) is 5.73 Å². The van der Waals surface area contributed by atoms with Gasteiger partial charge in [-0.1, -0.05) is 12.1 Å². The number of H-pyrrole nitrogens is 1. The monoisotopic (exact) mass is 204 g/mol. The van der Waals surface area contributed by atoms with Gasteiger partial charge in [-0.2, -0.15) is 0 Å². The third kappa shape index (κ3) is 1.64. The highest BCUT2D eigenvalue weighted by molar-refractivity contribution is 5.80. The summed E-state index contributed by atoms with van der Waals surface area (Å²) in [5, 5.41) is 1.20. The Labute approximate surface area is 89.2 Å². The first-order valence-corrected chi connectivity index (χ1v) is 5.02. The Balaban J connectivity index is 2.51. The maximum absolute atomic E-state index is 5.73. The number of fused-ring (bicyclic) bond motifs is 1. The summed E-state index contributed by atoms with van der Waals surface area (Å²) in [7, 11) is 1.69. The molecule has 3 heteroatoms. The van der Waals surface area contributed by atoms with E-state index in [9.17, 15) is 0 Å². The Morgan fingerprint density at radius 3 is 2.87 bits per heavy atom. The number of methoxy groups -OCH3 is 1. The van der Waals surface area contributed by atoms with Crippen LogP contribution in [0.2, 0.25) is 0 Å². The molecule has 0 amide bonds. The van der Waals surface area contributed by atoms with Gasteiger partial charge in [-0.25, -0.2) is 0 Å². The number of benzene rings is 1. The molecule has 2 rings (SSSR count). The first-order chi connectivity index (χ1) is 7.19. The zero-order valence-corrected chi connectivity index (χ0v) is 9.08. The van der Waals surface area contributed by atoms with Crippen LogP contribution in [0, 0.1) is 0 Å². The molecule has 1 aromatic carbocycles. The fourth-order valence-electron chi connectivity index (χ4n) is 1.70. The van der Waals surface area contributed by atoms with Crippen LogP contribution in [0.25, 0.3) is 10.9 Å². The minimum absolute atomic E-state index is 0.403. The lowest BCUT2D eigenvalue weighted by Gasteiger charge is -2.26. The minimum atomic E-state index is -0.403. The molecule has 0 spiro atoms. The first kappa shape index (κ1) is 10.2. The molecule has 3 N–H and O–H groups in total. The highest BCUT2D eigenvalue weighted by atomic mass is 16.5. The molecule has 0 saturated heterocycles. The Morgan fingerprint density at radius 2 is 2.20 bits per heavy atom. The Kier molecular flexibility index (Phi) is 2.50. The number of nitrogens with one attached hydrogen (secondary N) is 1. The molecule has 0 aliphatic carbocycles. The fourth-order valence-corrected chi connectivity index (χ4v) is 1.70. The summed E-state index contributed by atoms with van der Waals surface area (Å²) in [6.07, 6.45) is 1.93. The van der Waals surface area contributed by atoms with Crippen LogP contribution in [0.5, 0.6) is 0 Å². The van der Waals surface area contributed by atoms with Crippen LogP contribution in [0.4, 0.5) is 0 Å². The Morgan fingerprint density at radius 1 is 1.40 bits per heavy atom. The topological polar surface area (TPSA) is 51.0 Å². The minimum Gasteiger partial charge on any atom is -0.372 e. The average molecular weight is 204 g/mol. The van der Waals surface area contributed by atoms with Crippen molar-refractivity contribution in [3.8, 4) is 0 Å². The van der Waals surface area contributed by atoms with E-state index < -0.39 is 5.60 Å². The molecule has 1 atom stereocenters. The second-order valence-electron chi connectivity index (χ2n) is 3.92. The summed E-state index contributed by atoms with van der Waals surface area (Å²) in [6.45, 7) is 2.47. The smallest absolute Gasteiger partial charge is 0.102 e. The van der Waals surface area contributed by atoms with Gasteiger partial charge in [0.1, 0.15) is 5.60 Å². The van der Waals surface area contributed by atoms with Crippen molar-refractivity contribution in [3.63, 3.8) is 0 Å². The Bertz CT molecular complexity index is 457. The fraction of sp³-hybridized carbons (Fsp3) is 0.333. The van der Waals surface area contributed by atoms with Crippen LogP contribution < -0.4 is 5.73 Å². The van der Waals surface area contributed by atoms with Crippen molar-refractivity contribution in [3.05, 3.63) is 36.0 Å². The highest BCUT2D eigenvalue weighted by Gasteiger charge is 2.24.